The summed E-state index contributed by atoms with van der Waals surface area (Å²) in [6.07, 6.45) is 4.97. The van der Waals surface area contributed by atoms with Gasteiger partial charge in [0.05, 0.1) is 4.61 Å². The van der Waals surface area contributed by atoms with Gasteiger partial charge in [0.15, 0.2) is 0 Å². The van der Waals surface area contributed by atoms with Crippen molar-refractivity contribution in [3.63, 3.8) is 0 Å². The molecule has 0 unspecified atom stereocenters. The normalized spacial score (nSPS) is 20.3. The van der Waals surface area contributed by atoms with Crippen molar-refractivity contribution in [2.75, 3.05) is 13.6 Å². The monoisotopic (exact) mass is 159 g/mol. The summed E-state index contributed by atoms with van der Waals surface area (Å²) in [5.74, 6) is 0. The van der Waals surface area contributed by atoms with Crippen LogP contribution in [-0.2, 0) is 0 Å². The van der Waals surface area contributed by atoms with E-state index < -0.39 is 0 Å². The second-order valence-electron chi connectivity index (χ2n) is 1.53. The Morgan fingerprint density at radius 3 is 2.86 bits per heavy atom. The van der Waals surface area contributed by atoms with Crippen molar-refractivity contribution in [3.05, 3.63) is 17.1 Å². The Balaban J connectivity index is 2.54. The first-order valence-electron chi connectivity index (χ1n) is 2.11. The maximum Gasteiger partial charge on any atom is 0.0770 e. The Hall–Kier alpha value is 0.0200. The van der Waals surface area contributed by atoms with Gasteiger partial charge < -0.3 is 4.90 Å². The molecule has 1 aliphatic rings. The van der Waals surface area contributed by atoms with Crippen LogP contribution in [0.2, 0.25) is 0 Å². The van der Waals surface area contributed by atoms with Gasteiger partial charge in [-0.1, -0.05) is 0 Å². The number of rotatable bonds is 0. The Morgan fingerprint density at radius 1 is 2.00 bits per heavy atom. The van der Waals surface area contributed by atoms with E-state index in [2.05, 4.69) is 27.3 Å². The molecule has 0 N–H and O–H groups in total. The van der Waals surface area contributed by atoms with Crippen LogP contribution in [0.5, 0.6) is 0 Å². The molecule has 0 fully saturated rings. The van der Waals surface area contributed by atoms with E-state index in [4.69, 9.17) is 0 Å². The fourth-order valence-corrected chi connectivity index (χ4v) is 0.740. The molecular formula is C5H6BrN. The lowest BCUT2D eigenvalue weighted by atomic mass is 10.5. The summed E-state index contributed by atoms with van der Waals surface area (Å²) in [7, 11) is 2.01. The van der Waals surface area contributed by atoms with Crippen molar-refractivity contribution in [1.29, 1.82) is 0 Å². The lowest BCUT2D eigenvalue weighted by molar-refractivity contribution is 0.512. The van der Waals surface area contributed by atoms with Gasteiger partial charge in [0, 0.05) is 20.0 Å². The van der Waals surface area contributed by atoms with Gasteiger partial charge in [0.2, 0.25) is 0 Å². The summed E-state index contributed by atoms with van der Waals surface area (Å²) in [6, 6.07) is 0. The van der Waals surface area contributed by atoms with E-state index in [1.165, 1.54) is 0 Å². The fraction of sp³-hybridized carbons (Fsp3) is 0.400. The third kappa shape index (κ3) is 0.969. The van der Waals surface area contributed by atoms with Gasteiger partial charge in [-0.2, -0.15) is 0 Å². The molecule has 0 bridgehead atoms. The van der Waals surface area contributed by atoms with E-state index in [-0.39, 0.29) is 0 Å². The molecule has 0 spiro atoms. The van der Waals surface area contributed by atoms with Crippen LogP contribution in [0.4, 0.5) is 0 Å². The number of hydrogen-bond acceptors (Lipinski definition) is 1. The predicted molar refractivity (Wildman–Crippen MR) is 32.9 cm³/mol. The number of nitrogens with zero attached hydrogens (tertiary/aromatic N) is 1. The molecule has 0 amide bonds. The fourth-order valence-electron chi connectivity index (χ4n) is 0.453. The molecule has 0 aromatic heterocycles. The zero-order valence-corrected chi connectivity index (χ0v) is 5.70. The van der Waals surface area contributed by atoms with Crippen LogP contribution >= 0.6 is 15.9 Å². The number of hydrogen-bond donors (Lipinski definition) is 0. The van der Waals surface area contributed by atoms with Crippen LogP contribution in [0.15, 0.2) is 10.7 Å². The first-order valence-corrected chi connectivity index (χ1v) is 2.90. The minimum atomic E-state index is 0.917. The highest BCUT2D eigenvalue weighted by molar-refractivity contribution is 9.11. The summed E-state index contributed by atoms with van der Waals surface area (Å²) < 4.78 is 1.12. The molecule has 7 heavy (non-hydrogen) atoms. The van der Waals surface area contributed by atoms with Gasteiger partial charge in [-0.05, 0) is 22.0 Å². The molecule has 1 nitrogen and oxygen atoms in total. The zero-order chi connectivity index (χ0) is 5.28. The van der Waals surface area contributed by atoms with Crippen LogP contribution in [0.25, 0.3) is 0 Å². The molecule has 0 aromatic rings. The van der Waals surface area contributed by atoms with E-state index >= 15 is 0 Å². The van der Waals surface area contributed by atoms with Gasteiger partial charge in [-0.15, -0.1) is 0 Å². The van der Waals surface area contributed by atoms with E-state index in [1.807, 2.05) is 13.1 Å². The number of halogens is 1. The third-order valence-corrected chi connectivity index (χ3v) is 1.75. The Labute approximate surface area is 52.1 Å². The van der Waals surface area contributed by atoms with Crippen molar-refractivity contribution in [2.45, 2.75) is 0 Å². The molecule has 1 heterocycles. The van der Waals surface area contributed by atoms with Gasteiger partial charge in [-0.3, -0.25) is 0 Å². The standard InChI is InChI=1S/C5H6BrN/c1-7-4-2-3-5(7)6/h3H,4H2,1H3. The van der Waals surface area contributed by atoms with Crippen LogP contribution in [0, 0.1) is 6.42 Å². The highest BCUT2D eigenvalue weighted by Crippen LogP contribution is 2.16. The van der Waals surface area contributed by atoms with Gasteiger partial charge in [0.1, 0.15) is 0 Å². The third-order valence-electron chi connectivity index (χ3n) is 0.914. The minimum absolute atomic E-state index is 0.917. The molecule has 0 atom stereocenters. The van der Waals surface area contributed by atoms with Crippen molar-refractivity contribution in [1.82, 2.24) is 4.90 Å². The van der Waals surface area contributed by atoms with Gasteiger partial charge in [0.25, 0.3) is 0 Å². The SMILES string of the molecule is CN1C[C]C=C1Br. The van der Waals surface area contributed by atoms with E-state index in [0.717, 1.165) is 11.2 Å². The van der Waals surface area contributed by atoms with Crippen molar-refractivity contribution < 1.29 is 0 Å². The van der Waals surface area contributed by atoms with Gasteiger partial charge in [-0.25, -0.2) is 0 Å². The van der Waals surface area contributed by atoms with E-state index in [9.17, 15) is 0 Å². The molecule has 2 radical (unpaired) electrons. The lowest BCUT2D eigenvalue weighted by Gasteiger charge is -2.08. The second kappa shape index (κ2) is 1.86. The average molecular weight is 160 g/mol. The summed E-state index contributed by atoms with van der Waals surface area (Å²) in [5, 5.41) is 0. The molecule has 2 heteroatoms. The van der Waals surface area contributed by atoms with E-state index in [0.29, 0.717) is 0 Å². The van der Waals surface area contributed by atoms with Crippen molar-refractivity contribution >= 4 is 15.9 Å². The van der Waals surface area contributed by atoms with Crippen LogP contribution in [0.1, 0.15) is 0 Å². The van der Waals surface area contributed by atoms with E-state index in [1.54, 1.807) is 0 Å². The summed E-state index contributed by atoms with van der Waals surface area (Å²) in [6.45, 7) is 0.917. The van der Waals surface area contributed by atoms with Gasteiger partial charge >= 0.3 is 0 Å². The highest BCUT2D eigenvalue weighted by atomic mass is 79.9. The molecule has 0 aliphatic carbocycles. The second-order valence-corrected chi connectivity index (χ2v) is 2.34. The lowest BCUT2D eigenvalue weighted by Crippen LogP contribution is -2.08. The topological polar surface area (TPSA) is 3.24 Å². The Bertz CT molecular complexity index is 98.3. The highest BCUT2D eigenvalue weighted by Gasteiger charge is 2.05. The predicted octanol–water partition coefficient (Wildman–Crippen LogP) is 1.25. The molecule has 0 saturated carbocycles. The molecule has 1 rings (SSSR count). The molecular weight excluding hydrogens is 154 g/mol. The maximum atomic E-state index is 3.33. The zero-order valence-electron chi connectivity index (χ0n) is 4.11. The quantitative estimate of drug-likeness (QED) is 0.482. The largest absolute Gasteiger partial charge is 0.368 e. The maximum absolute atomic E-state index is 3.33. The van der Waals surface area contributed by atoms with Crippen molar-refractivity contribution in [2.24, 2.45) is 0 Å². The molecule has 0 aromatic carbocycles. The first-order chi connectivity index (χ1) is 3.30. The average Bonchev–Trinajstić information content (AvgIpc) is 1.91. The summed E-state index contributed by atoms with van der Waals surface area (Å²) >= 11 is 3.33. The Morgan fingerprint density at radius 2 is 2.71 bits per heavy atom. The van der Waals surface area contributed by atoms with Crippen LogP contribution in [0.3, 0.4) is 0 Å². The summed E-state index contributed by atoms with van der Waals surface area (Å²) in [4.78, 5) is 2.07. The first kappa shape index (κ1) is 5.16. The Kier molecular flexibility index (Phi) is 1.38. The molecule has 1 aliphatic heterocycles. The van der Waals surface area contributed by atoms with Crippen LogP contribution < -0.4 is 0 Å². The molecule has 38 valence electrons. The molecule has 0 saturated heterocycles. The van der Waals surface area contributed by atoms with Crippen molar-refractivity contribution in [3.8, 4) is 0 Å². The summed E-state index contributed by atoms with van der Waals surface area (Å²) in [5.41, 5.74) is 0. The van der Waals surface area contributed by atoms with Crippen LogP contribution in [-0.4, -0.2) is 18.5 Å². The minimum Gasteiger partial charge on any atom is -0.368 e. The smallest absolute Gasteiger partial charge is 0.0770 e.